The lowest BCUT2D eigenvalue weighted by atomic mass is 10.0. The maximum Gasteiger partial charge on any atom is 0.325 e. The van der Waals surface area contributed by atoms with Crippen molar-refractivity contribution < 1.29 is 14.1 Å². The number of carbonyl (C=O) groups is 1. The summed E-state index contributed by atoms with van der Waals surface area (Å²) >= 11 is 0. The number of rotatable bonds is 5. The average Bonchev–Trinajstić information content (AvgIpc) is 3.37. The van der Waals surface area contributed by atoms with Gasteiger partial charge < -0.3 is 9.26 Å². The largest absolute Gasteiger partial charge is 0.456 e. The fraction of sp³-hybridized carbons (Fsp3) is 0.286. The minimum Gasteiger partial charge on any atom is -0.456 e. The zero-order valence-electron chi connectivity index (χ0n) is 15.8. The Morgan fingerprint density at radius 3 is 2.46 bits per heavy atom. The number of nitrogens with one attached hydrogen (secondary N) is 2. The minimum atomic E-state index is -0.422. The van der Waals surface area contributed by atoms with E-state index in [9.17, 15) is 4.79 Å². The van der Waals surface area contributed by atoms with Crippen molar-refractivity contribution in [3.05, 3.63) is 71.0 Å². The predicted molar refractivity (Wildman–Crippen MR) is 103 cm³/mol. The van der Waals surface area contributed by atoms with E-state index in [1.807, 2.05) is 38.1 Å². The Hall–Kier alpha value is -3.03. The van der Waals surface area contributed by atoms with Gasteiger partial charge in [-0.15, -0.1) is 0 Å². The standard InChI is InChI=1S/C21H22N4O3/c1-13-3-7-15(8-4-13)17-11-18(24-23-17)21(26)27-12-19-22-20(28-25-19)16-9-5-14(2)6-10-16/h3-10,17-18,23-24H,11-12H2,1-2H3. The maximum atomic E-state index is 12.4. The number of aromatic nitrogens is 2. The molecule has 0 aliphatic carbocycles. The van der Waals surface area contributed by atoms with E-state index in [-0.39, 0.29) is 18.6 Å². The van der Waals surface area contributed by atoms with Crippen molar-refractivity contribution in [3.63, 3.8) is 0 Å². The third kappa shape index (κ3) is 4.11. The Morgan fingerprint density at radius 2 is 1.75 bits per heavy atom. The lowest BCUT2D eigenvalue weighted by Gasteiger charge is -2.09. The van der Waals surface area contributed by atoms with E-state index in [0.717, 1.165) is 16.7 Å². The molecule has 1 aliphatic rings. The van der Waals surface area contributed by atoms with E-state index in [2.05, 4.69) is 45.3 Å². The Morgan fingerprint density at radius 1 is 1.07 bits per heavy atom. The van der Waals surface area contributed by atoms with Crippen LogP contribution in [0.4, 0.5) is 0 Å². The van der Waals surface area contributed by atoms with Gasteiger partial charge in [0.15, 0.2) is 6.61 Å². The van der Waals surface area contributed by atoms with E-state index in [0.29, 0.717) is 18.1 Å². The highest BCUT2D eigenvalue weighted by atomic mass is 16.5. The van der Waals surface area contributed by atoms with Gasteiger partial charge in [-0.1, -0.05) is 52.7 Å². The number of hydrogen-bond donors (Lipinski definition) is 2. The molecule has 3 aromatic rings. The van der Waals surface area contributed by atoms with Crippen LogP contribution >= 0.6 is 0 Å². The van der Waals surface area contributed by atoms with Gasteiger partial charge in [0.2, 0.25) is 5.82 Å². The second-order valence-electron chi connectivity index (χ2n) is 7.03. The second-order valence-corrected chi connectivity index (χ2v) is 7.03. The number of aryl methyl sites for hydroxylation is 2. The molecule has 0 radical (unpaired) electrons. The Balaban J connectivity index is 1.31. The normalized spacial score (nSPS) is 18.9. The molecule has 28 heavy (non-hydrogen) atoms. The monoisotopic (exact) mass is 378 g/mol. The third-order valence-electron chi connectivity index (χ3n) is 4.78. The molecule has 2 heterocycles. The van der Waals surface area contributed by atoms with Gasteiger partial charge in [-0.05, 0) is 38.0 Å². The van der Waals surface area contributed by atoms with E-state index in [1.165, 1.54) is 5.56 Å². The molecule has 2 atom stereocenters. The SMILES string of the molecule is Cc1ccc(-c2nc(COC(=O)C3CC(c4ccc(C)cc4)NN3)no2)cc1. The summed E-state index contributed by atoms with van der Waals surface area (Å²) in [7, 11) is 0. The molecular formula is C21H22N4O3. The van der Waals surface area contributed by atoms with Crippen molar-refractivity contribution >= 4 is 5.97 Å². The number of hydrogen-bond acceptors (Lipinski definition) is 7. The van der Waals surface area contributed by atoms with Crippen molar-refractivity contribution in [3.8, 4) is 11.5 Å². The molecule has 1 aromatic heterocycles. The molecule has 2 aromatic carbocycles. The van der Waals surface area contributed by atoms with Crippen LogP contribution in [0.2, 0.25) is 0 Å². The van der Waals surface area contributed by atoms with E-state index >= 15 is 0 Å². The molecule has 4 rings (SSSR count). The van der Waals surface area contributed by atoms with Gasteiger partial charge in [0, 0.05) is 11.6 Å². The summed E-state index contributed by atoms with van der Waals surface area (Å²) in [5.74, 6) is 0.403. The van der Waals surface area contributed by atoms with Crippen LogP contribution < -0.4 is 10.9 Å². The third-order valence-corrected chi connectivity index (χ3v) is 4.78. The average molecular weight is 378 g/mol. The van der Waals surface area contributed by atoms with Gasteiger partial charge in [-0.3, -0.25) is 4.79 Å². The molecule has 2 N–H and O–H groups in total. The van der Waals surface area contributed by atoms with Gasteiger partial charge in [0.25, 0.3) is 5.89 Å². The number of ether oxygens (including phenoxy) is 1. The fourth-order valence-corrected chi connectivity index (χ4v) is 3.09. The van der Waals surface area contributed by atoms with Gasteiger partial charge in [0.1, 0.15) is 6.04 Å². The van der Waals surface area contributed by atoms with Crippen LogP contribution in [0.25, 0.3) is 11.5 Å². The highest BCUT2D eigenvalue weighted by Gasteiger charge is 2.31. The van der Waals surface area contributed by atoms with Gasteiger partial charge in [-0.2, -0.15) is 4.98 Å². The number of carbonyl (C=O) groups excluding carboxylic acids is 1. The molecule has 0 saturated carbocycles. The molecule has 2 unspecified atom stereocenters. The molecule has 7 nitrogen and oxygen atoms in total. The Bertz CT molecular complexity index is 951. The Labute approximate surface area is 163 Å². The number of hydrazine groups is 1. The smallest absolute Gasteiger partial charge is 0.325 e. The highest BCUT2D eigenvalue weighted by molar-refractivity contribution is 5.76. The first kappa shape index (κ1) is 18.3. The number of esters is 1. The van der Waals surface area contributed by atoms with Crippen molar-refractivity contribution in [1.82, 2.24) is 21.0 Å². The van der Waals surface area contributed by atoms with Crippen LogP contribution in [0.5, 0.6) is 0 Å². The lowest BCUT2D eigenvalue weighted by molar-refractivity contribution is -0.147. The van der Waals surface area contributed by atoms with Gasteiger partial charge >= 0.3 is 5.97 Å². The van der Waals surface area contributed by atoms with Crippen molar-refractivity contribution in [2.75, 3.05) is 0 Å². The minimum absolute atomic E-state index is 0.0262. The van der Waals surface area contributed by atoms with E-state index in [1.54, 1.807) is 0 Å². The highest BCUT2D eigenvalue weighted by Crippen LogP contribution is 2.23. The zero-order valence-corrected chi connectivity index (χ0v) is 15.8. The van der Waals surface area contributed by atoms with Crippen LogP contribution in [0.3, 0.4) is 0 Å². The number of nitrogens with zero attached hydrogens (tertiary/aromatic N) is 2. The molecule has 1 saturated heterocycles. The summed E-state index contributed by atoms with van der Waals surface area (Å²) in [4.78, 5) is 16.6. The van der Waals surface area contributed by atoms with Crippen molar-refractivity contribution in [1.29, 1.82) is 0 Å². The summed E-state index contributed by atoms with van der Waals surface area (Å²) in [5, 5.41) is 3.88. The Kier molecular flexibility index (Phi) is 5.18. The van der Waals surface area contributed by atoms with Gasteiger partial charge in [-0.25, -0.2) is 10.9 Å². The maximum absolute atomic E-state index is 12.4. The second kappa shape index (κ2) is 7.92. The zero-order chi connectivity index (χ0) is 19.5. The summed E-state index contributed by atoms with van der Waals surface area (Å²) in [5.41, 5.74) is 10.5. The fourth-order valence-electron chi connectivity index (χ4n) is 3.09. The van der Waals surface area contributed by atoms with Crippen LogP contribution in [0, 0.1) is 13.8 Å². The molecule has 144 valence electrons. The molecule has 0 amide bonds. The summed E-state index contributed by atoms with van der Waals surface area (Å²) in [6.45, 7) is 4.03. The molecule has 1 aliphatic heterocycles. The predicted octanol–water partition coefficient (Wildman–Crippen LogP) is 3.00. The first-order chi connectivity index (χ1) is 13.6. The topological polar surface area (TPSA) is 89.3 Å². The first-order valence-electron chi connectivity index (χ1n) is 9.22. The van der Waals surface area contributed by atoms with Gasteiger partial charge in [0.05, 0.1) is 0 Å². The van der Waals surface area contributed by atoms with Crippen molar-refractivity contribution in [2.24, 2.45) is 0 Å². The summed E-state index contributed by atoms with van der Waals surface area (Å²) < 4.78 is 10.6. The van der Waals surface area contributed by atoms with Crippen molar-refractivity contribution in [2.45, 2.75) is 39.0 Å². The quantitative estimate of drug-likeness (QED) is 0.660. The molecule has 7 heteroatoms. The van der Waals surface area contributed by atoms with Crippen LogP contribution in [0.1, 0.15) is 35.0 Å². The summed E-state index contributed by atoms with van der Waals surface area (Å²) in [6.07, 6.45) is 0.614. The van der Waals surface area contributed by atoms with E-state index < -0.39 is 6.04 Å². The molecule has 0 bridgehead atoms. The first-order valence-corrected chi connectivity index (χ1v) is 9.22. The van der Waals surface area contributed by atoms with Crippen LogP contribution in [0.15, 0.2) is 53.1 Å². The van der Waals surface area contributed by atoms with E-state index in [4.69, 9.17) is 9.26 Å². The molecule has 1 fully saturated rings. The molecule has 0 spiro atoms. The lowest BCUT2D eigenvalue weighted by Crippen LogP contribution is -2.37. The molecular weight excluding hydrogens is 356 g/mol. The number of benzene rings is 2. The van der Waals surface area contributed by atoms with Crippen LogP contribution in [-0.4, -0.2) is 22.2 Å². The summed E-state index contributed by atoms with van der Waals surface area (Å²) in [6, 6.07) is 15.7. The van der Waals surface area contributed by atoms with Crippen LogP contribution in [-0.2, 0) is 16.1 Å².